The fourth-order valence-corrected chi connectivity index (χ4v) is 2.61. The molecule has 0 unspecified atom stereocenters. The lowest BCUT2D eigenvalue weighted by atomic mass is 10.0. The van der Waals surface area contributed by atoms with Crippen molar-refractivity contribution >= 4 is 17.6 Å². The number of amides is 1. The second-order valence-corrected chi connectivity index (χ2v) is 5.94. The van der Waals surface area contributed by atoms with E-state index in [9.17, 15) is 14.7 Å². The summed E-state index contributed by atoms with van der Waals surface area (Å²) in [6, 6.07) is 1.35. The van der Waals surface area contributed by atoms with Crippen LogP contribution in [0.3, 0.4) is 0 Å². The number of carbonyl (C=O) groups excluding carboxylic acids is 2. The standard InChI is InChI=1S/C20H20N2O6/c1-2-27-18(24)10-22-20(25)19-15(23)8-14(9-21-19)17-12-26-11-16(28-17)13-6-4-3-5-7-13/h3-4,6,8-9,11-12,23H,2,5,7,10H2,1H3,(H,22,25). The molecule has 2 N–H and O–H groups in total. The van der Waals surface area contributed by atoms with E-state index >= 15 is 0 Å². The molecule has 8 heteroatoms. The van der Waals surface area contributed by atoms with Crippen LogP contribution in [-0.2, 0) is 19.0 Å². The van der Waals surface area contributed by atoms with Crippen LogP contribution in [0.1, 0.15) is 35.8 Å². The van der Waals surface area contributed by atoms with Crippen molar-refractivity contribution in [1.82, 2.24) is 10.3 Å². The Labute approximate surface area is 161 Å². The molecule has 0 saturated carbocycles. The predicted octanol–water partition coefficient (Wildman–Crippen LogP) is 2.54. The number of hydrogen-bond donors (Lipinski definition) is 2. The van der Waals surface area contributed by atoms with Gasteiger partial charge in [-0.15, -0.1) is 0 Å². The molecule has 1 aromatic heterocycles. The summed E-state index contributed by atoms with van der Waals surface area (Å²) < 4.78 is 15.9. The zero-order chi connectivity index (χ0) is 19.9. The molecule has 0 bridgehead atoms. The average Bonchev–Trinajstić information content (AvgIpc) is 2.73. The topological polar surface area (TPSA) is 107 Å². The van der Waals surface area contributed by atoms with Crippen molar-refractivity contribution in [2.75, 3.05) is 13.2 Å². The zero-order valence-electron chi connectivity index (χ0n) is 15.3. The molecule has 0 radical (unpaired) electrons. The first-order valence-electron chi connectivity index (χ1n) is 8.81. The lowest BCUT2D eigenvalue weighted by Crippen LogP contribution is -2.31. The van der Waals surface area contributed by atoms with Crippen molar-refractivity contribution in [1.29, 1.82) is 0 Å². The van der Waals surface area contributed by atoms with Crippen molar-refractivity contribution in [3.63, 3.8) is 0 Å². The number of aromatic nitrogens is 1. The minimum Gasteiger partial charge on any atom is -0.505 e. The molecule has 3 rings (SSSR count). The molecule has 28 heavy (non-hydrogen) atoms. The summed E-state index contributed by atoms with van der Waals surface area (Å²) in [5.41, 5.74) is 1.23. The number of aromatic hydroxyl groups is 1. The third-order valence-electron chi connectivity index (χ3n) is 3.97. The van der Waals surface area contributed by atoms with Crippen molar-refractivity contribution < 1.29 is 28.9 Å². The third-order valence-corrected chi connectivity index (χ3v) is 3.97. The first-order valence-corrected chi connectivity index (χ1v) is 8.81. The molecule has 1 aromatic rings. The van der Waals surface area contributed by atoms with Gasteiger partial charge in [0.2, 0.25) is 0 Å². The number of rotatable bonds is 6. The molecule has 146 valence electrons. The largest absolute Gasteiger partial charge is 0.505 e. The molecular formula is C20H20N2O6. The SMILES string of the molecule is CCOC(=O)CNC(=O)c1ncc(C2=COC=C(C3=CC=CCC3)O2)cc1O. The maximum atomic E-state index is 12.1. The molecule has 0 atom stereocenters. The number of hydrogen-bond acceptors (Lipinski definition) is 7. The number of nitrogens with zero attached hydrogens (tertiary/aromatic N) is 1. The minimum absolute atomic E-state index is 0.207. The Balaban J connectivity index is 1.67. The Kier molecular flexibility index (Phi) is 6.11. The summed E-state index contributed by atoms with van der Waals surface area (Å²) in [5, 5.41) is 12.5. The predicted molar refractivity (Wildman–Crippen MR) is 99.6 cm³/mol. The Morgan fingerprint density at radius 2 is 2.14 bits per heavy atom. The Morgan fingerprint density at radius 1 is 1.32 bits per heavy atom. The first-order chi connectivity index (χ1) is 13.6. The van der Waals surface area contributed by atoms with Crippen LogP contribution in [0.25, 0.3) is 5.76 Å². The summed E-state index contributed by atoms with van der Waals surface area (Å²) >= 11 is 0. The van der Waals surface area contributed by atoms with Gasteiger partial charge in [-0.25, -0.2) is 4.98 Å². The van der Waals surface area contributed by atoms with Crippen LogP contribution in [0.5, 0.6) is 5.75 Å². The maximum Gasteiger partial charge on any atom is 0.325 e. The molecule has 0 fully saturated rings. The van der Waals surface area contributed by atoms with E-state index in [0.29, 0.717) is 17.1 Å². The van der Waals surface area contributed by atoms with Gasteiger partial charge < -0.3 is 24.6 Å². The fraction of sp³-hybridized carbons (Fsp3) is 0.250. The highest BCUT2D eigenvalue weighted by atomic mass is 16.5. The van der Waals surface area contributed by atoms with Gasteiger partial charge in [-0.1, -0.05) is 18.2 Å². The molecular weight excluding hydrogens is 364 g/mol. The molecule has 1 aliphatic carbocycles. The molecule has 0 spiro atoms. The van der Waals surface area contributed by atoms with Crippen LogP contribution in [0.4, 0.5) is 0 Å². The van der Waals surface area contributed by atoms with Crippen molar-refractivity contribution in [3.05, 3.63) is 65.6 Å². The van der Waals surface area contributed by atoms with Gasteiger partial charge in [0.1, 0.15) is 24.8 Å². The first kappa shape index (κ1) is 19.2. The third kappa shape index (κ3) is 4.59. The number of esters is 1. The number of pyridine rings is 1. The normalized spacial score (nSPS) is 15.4. The van der Waals surface area contributed by atoms with E-state index in [2.05, 4.69) is 16.4 Å². The summed E-state index contributed by atoms with van der Waals surface area (Å²) in [7, 11) is 0. The van der Waals surface area contributed by atoms with Gasteiger partial charge >= 0.3 is 5.97 Å². The van der Waals surface area contributed by atoms with Gasteiger partial charge in [0.05, 0.1) is 6.61 Å². The zero-order valence-corrected chi connectivity index (χ0v) is 15.3. The summed E-state index contributed by atoms with van der Waals surface area (Å²) in [6.07, 6.45) is 12.0. The lowest BCUT2D eigenvalue weighted by Gasteiger charge is -2.19. The number of allylic oxidation sites excluding steroid dienone is 4. The number of ether oxygens (including phenoxy) is 3. The molecule has 2 heterocycles. The van der Waals surface area contributed by atoms with Crippen molar-refractivity contribution in [2.24, 2.45) is 0 Å². The maximum absolute atomic E-state index is 12.1. The van der Waals surface area contributed by atoms with Crippen LogP contribution in [0, 0.1) is 0 Å². The molecule has 2 aliphatic rings. The Hall–Kier alpha value is -3.55. The van der Waals surface area contributed by atoms with E-state index < -0.39 is 11.9 Å². The number of carbonyl (C=O) groups is 2. The van der Waals surface area contributed by atoms with Gasteiger partial charge in [-0.3, -0.25) is 9.59 Å². The second-order valence-electron chi connectivity index (χ2n) is 5.94. The second kappa shape index (κ2) is 8.90. The highest BCUT2D eigenvalue weighted by molar-refractivity contribution is 5.96. The monoisotopic (exact) mass is 384 g/mol. The Bertz CT molecular complexity index is 898. The number of nitrogens with one attached hydrogen (secondary N) is 1. The van der Waals surface area contributed by atoms with E-state index in [0.717, 1.165) is 18.4 Å². The van der Waals surface area contributed by atoms with E-state index in [1.54, 1.807) is 6.92 Å². The van der Waals surface area contributed by atoms with E-state index in [4.69, 9.17) is 14.2 Å². The van der Waals surface area contributed by atoms with Gasteiger partial charge in [0, 0.05) is 11.8 Å². The lowest BCUT2D eigenvalue weighted by molar-refractivity contribution is -0.141. The van der Waals surface area contributed by atoms with Crippen LogP contribution in [0.2, 0.25) is 0 Å². The quantitative estimate of drug-likeness (QED) is 0.726. The summed E-state index contributed by atoms with van der Waals surface area (Å²) in [5.74, 6) is -0.672. The fourth-order valence-electron chi connectivity index (χ4n) is 2.61. The van der Waals surface area contributed by atoms with Gasteiger partial charge in [-0.2, -0.15) is 0 Å². The summed E-state index contributed by atoms with van der Waals surface area (Å²) in [4.78, 5) is 27.4. The molecule has 1 amide bonds. The molecule has 1 aliphatic heterocycles. The molecule has 8 nitrogen and oxygen atoms in total. The van der Waals surface area contributed by atoms with Gasteiger partial charge in [0.25, 0.3) is 5.91 Å². The van der Waals surface area contributed by atoms with Crippen LogP contribution >= 0.6 is 0 Å². The van der Waals surface area contributed by atoms with Gasteiger partial charge in [0.15, 0.2) is 17.2 Å². The van der Waals surface area contributed by atoms with E-state index in [-0.39, 0.29) is 24.6 Å². The summed E-state index contributed by atoms with van der Waals surface area (Å²) in [6.45, 7) is 1.57. The highest BCUT2D eigenvalue weighted by Crippen LogP contribution is 2.31. The minimum atomic E-state index is -0.688. The molecule has 0 saturated heterocycles. The van der Waals surface area contributed by atoms with E-state index in [1.807, 2.05) is 12.2 Å². The van der Waals surface area contributed by atoms with E-state index in [1.165, 1.54) is 24.8 Å². The average molecular weight is 384 g/mol. The van der Waals surface area contributed by atoms with Gasteiger partial charge in [-0.05, 0) is 31.4 Å². The van der Waals surface area contributed by atoms with Crippen molar-refractivity contribution in [2.45, 2.75) is 19.8 Å². The highest BCUT2D eigenvalue weighted by Gasteiger charge is 2.20. The smallest absolute Gasteiger partial charge is 0.325 e. The van der Waals surface area contributed by atoms with Crippen LogP contribution in [0.15, 0.2) is 54.3 Å². The van der Waals surface area contributed by atoms with Crippen LogP contribution in [-0.4, -0.2) is 35.1 Å². The molecule has 0 aromatic carbocycles. The Morgan fingerprint density at radius 3 is 2.86 bits per heavy atom. The van der Waals surface area contributed by atoms with Crippen molar-refractivity contribution in [3.8, 4) is 5.75 Å². The van der Waals surface area contributed by atoms with Crippen LogP contribution < -0.4 is 5.32 Å².